The number of benzene rings is 2. The van der Waals surface area contributed by atoms with Crippen molar-refractivity contribution in [2.24, 2.45) is 0 Å². The zero-order valence-corrected chi connectivity index (χ0v) is 12.3. The van der Waals surface area contributed by atoms with Crippen LogP contribution in [0.5, 0.6) is 0 Å². The molecule has 0 amide bonds. The zero-order valence-electron chi connectivity index (χ0n) is 11.5. The molecule has 0 aliphatic carbocycles. The summed E-state index contributed by atoms with van der Waals surface area (Å²) in [6.07, 6.45) is 0. The Labute approximate surface area is 128 Å². The van der Waals surface area contributed by atoms with E-state index < -0.39 is 0 Å². The van der Waals surface area contributed by atoms with Gasteiger partial charge in [-0.25, -0.2) is 9.13 Å². The van der Waals surface area contributed by atoms with E-state index in [0.717, 1.165) is 21.6 Å². The summed E-state index contributed by atoms with van der Waals surface area (Å²) in [7, 11) is 0. The Morgan fingerprint density at radius 2 is 1.81 bits per heavy atom. The van der Waals surface area contributed by atoms with Crippen molar-refractivity contribution in [2.75, 3.05) is 12.3 Å². The lowest BCUT2D eigenvalue weighted by atomic mass is 10.2. The number of aliphatic hydroxyl groups is 1. The maximum absolute atomic E-state index is 9.24. The normalized spacial score (nSPS) is 11.1. The third kappa shape index (κ3) is 2.48. The van der Waals surface area contributed by atoms with Crippen molar-refractivity contribution in [2.45, 2.75) is 13.1 Å². The molecule has 0 radical (unpaired) electrons. The van der Waals surface area contributed by atoms with Crippen LogP contribution in [0.2, 0.25) is 5.02 Å². The zero-order chi connectivity index (χ0) is 14.8. The number of nitrogens with two attached hydrogens (primary N) is 1. The summed E-state index contributed by atoms with van der Waals surface area (Å²) in [6.45, 7) is 1.13. The Kier molecular flexibility index (Phi) is 3.82. The van der Waals surface area contributed by atoms with Gasteiger partial charge in [-0.15, -0.1) is 0 Å². The average Bonchev–Trinajstić information content (AvgIpc) is 2.76. The van der Waals surface area contributed by atoms with E-state index in [1.54, 1.807) is 0 Å². The second-order valence-electron chi connectivity index (χ2n) is 4.90. The molecule has 108 valence electrons. The monoisotopic (exact) mass is 302 g/mol. The van der Waals surface area contributed by atoms with Gasteiger partial charge >= 0.3 is 5.95 Å². The van der Waals surface area contributed by atoms with Gasteiger partial charge in [-0.1, -0.05) is 41.9 Å². The van der Waals surface area contributed by atoms with Crippen molar-refractivity contribution < 1.29 is 9.67 Å². The van der Waals surface area contributed by atoms with Crippen molar-refractivity contribution >= 4 is 28.6 Å². The van der Waals surface area contributed by atoms with Gasteiger partial charge < -0.3 is 5.11 Å². The van der Waals surface area contributed by atoms with Crippen LogP contribution in [-0.4, -0.2) is 16.3 Å². The van der Waals surface area contributed by atoms with E-state index in [1.165, 1.54) is 0 Å². The number of aromatic nitrogens is 2. The van der Waals surface area contributed by atoms with Crippen LogP contribution < -0.4 is 10.3 Å². The number of fused-ring (bicyclic) bond motifs is 1. The first-order chi connectivity index (χ1) is 10.2. The van der Waals surface area contributed by atoms with Crippen molar-refractivity contribution in [1.82, 2.24) is 4.57 Å². The predicted molar refractivity (Wildman–Crippen MR) is 84.2 cm³/mol. The van der Waals surface area contributed by atoms with Gasteiger partial charge in [-0.3, -0.25) is 5.73 Å². The van der Waals surface area contributed by atoms with Crippen molar-refractivity contribution in [3.05, 3.63) is 59.1 Å². The summed E-state index contributed by atoms with van der Waals surface area (Å²) < 4.78 is 3.94. The highest BCUT2D eigenvalue weighted by molar-refractivity contribution is 6.31. The molecule has 0 saturated carbocycles. The molecule has 1 heterocycles. The minimum absolute atomic E-state index is 0.0506. The Balaban J connectivity index is 2.14. The fourth-order valence-electron chi connectivity index (χ4n) is 2.61. The topological polar surface area (TPSA) is 55.1 Å². The maximum atomic E-state index is 9.24. The number of anilines is 1. The smallest absolute Gasteiger partial charge is 0.356 e. The molecule has 2 aromatic carbocycles. The van der Waals surface area contributed by atoms with Gasteiger partial charge in [0.1, 0.15) is 11.0 Å². The van der Waals surface area contributed by atoms with Crippen LogP contribution in [0.15, 0.2) is 48.5 Å². The SMILES string of the molecule is Nc1n(CCO)c2ccccc2[n+]1Cc1ccccc1Cl. The van der Waals surface area contributed by atoms with Gasteiger partial charge in [0.2, 0.25) is 0 Å². The van der Waals surface area contributed by atoms with Crippen molar-refractivity contribution in [3.8, 4) is 0 Å². The van der Waals surface area contributed by atoms with Gasteiger partial charge in [0.25, 0.3) is 0 Å². The predicted octanol–water partition coefficient (Wildman–Crippen LogP) is 2.21. The second kappa shape index (κ2) is 5.76. The van der Waals surface area contributed by atoms with E-state index in [4.69, 9.17) is 17.3 Å². The van der Waals surface area contributed by atoms with Gasteiger partial charge in [0.05, 0.1) is 19.7 Å². The Morgan fingerprint density at radius 1 is 1.10 bits per heavy atom. The standard InChI is InChI=1S/C16H16ClN3O/c17-13-6-2-1-5-12(13)11-20-15-8-4-3-7-14(15)19(9-10-21)16(20)18/h1-8,18,21H,9-11H2/p+1. The van der Waals surface area contributed by atoms with E-state index in [2.05, 4.69) is 0 Å². The van der Waals surface area contributed by atoms with Gasteiger partial charge in [-0.2, -0.15) is 0 Å². The van der Waals surface area contributed by atoms with Gasteiger partial charge in [0.15, 0.2) is 0 Å². The average molecular weight is 303 g/mol. The molecular formula is C16H17ClN3O+. The highest BCUT2D eigenvalue weighted by Crippen LogP contribution is 2.19. The molecule has 0 aliphatic heterocycles. The van der Waals surface area contributed by atoms with E-state index in [-0.39, 0.29) is 6.61 Å². The molecule has 3 aromatic rings. The fraction of sp³-hybridized carbons (Fsp3) is 0.188. The minimum Gasteiger partial charge on any atom is -0.393 e. The molecule has 0 spiro atoms. The van der Waals surface area contributed by atoms with Crippen molar-refractivity contribution in [1.29, 1.82) is 0 Å². The second-order valence-corrected chi connectivity index (χ2v) is 5.31. The Hall–Kier alpha value is -2.04. The van der Waals surface area contributed by atoms with Crippen molar-refractivity contribution in [3.63, 3.8) is 0 Å². The molecule has 0 bridgehead atoms. The molecule has 0 atom stereocenters. The lowest BCUT2D eigenvalue weighted by molar-refractivity contribution is -0.648. The lowest BCUT2D eigenvalue weighted by Gasteiger charge is -2.04. The summed E-state index contributed by atoms with van der Waals surface area (Å²) in [4.78, 5) is 0. The minimum atomic E-state index is 0.0506. The van der Waals surface area contributed by atoms with E-state index in [1.807, 2.05) is 57.7 Å². The number of aliphatic hydroxyl groups excluding tert-OH is 1. The fourth-order valence-corrected chi connectivity index (χ4v) is 2.81. The molecular weight excluding hydrogens is 286 g/mol. The Bertz CT molecular complexity index is 782. The van der Waals surface area contributed by atoms with Gasteiger partial charge in [0, 0.05) is 10.6 Å². The molecule has 0 unspecified atom stereocenters. The summed E-state index contributed by atoms with van der Waals surface area (Å²) in [6, 6.07) is 15.7. The number of nitrogen functional groups attached to an aromatic ring is 1. The third-order valence-electron chi connectivity index (χ3n) is 3.63. The summed E-state index contributed by atoms with van der Waals surface area (Å²) >= 11 is 6.24. The van der Waals surface area contributed by atoms with Crippen LogP contribution in [0.1, 0.15) is 5.56 Å². The molecule has 0 fully saturated rings. The first-order valence-corrected chi connectivity index (χ1v) is 7.21. The number of hydrogen-bond acceptors (Lipinski definition) is 2. The number of hydrogen-bond donors (Lipinski definition) is 2. The molecule has 21 heavy (non-hydrogen) atoms. The molecule has 4 nitrogen and oxygen atoms in total. The lowest BCUT2D eigenvalue weighted by Crippen LogP contribution is -2.37. The summed E-state index contributed by atoms with van der Waals surface area (Å²) in [5.41, 5.74) is 9.33. The third-order valence-corrected chi connectivity index (χ3v) is 4.00. The molecule has 3 rings (SSSR count). The highest BCUT2D eigenvalue weighted by atomic mass is 35.5. The quantitative estimate of drug-likeness (QED) is 0.726. The summed E-state index contributed by atoms with van der Waals surface area (Å²) in [5.74, 6) is 0.616. The van der Waals surface area contributed by atoms with Crippen LogP contribution in [0.3, 0.4) is 0 Å². The Morgan fingerprint density at radius 3 is 2.57 bits per heavy atom. The van der Waals surface area contributed by atoms with Crippen LogP contribution in [0.25, 0.3) is 11.0 Å². The number of halogens is 1. The summed E-state index contributed by atoms with van der Waals surface area (Å²) in [5, 5.41) is 9.97. The molecule has 0 saturated heterocycles. The first kappa shape index (κ1) is 13.9. The molecule has 0 aliphatic rings. The number of nitrogens with zero attached hydrogens (tertiary/aromatic N) is 2. The van der Waals surface area contributed by atoms with E-state index >= 15 is 0 Å². The van der Waals surface area contributed by atoms with Crippen LogP contribution in [-0.2, 0) is 13.1 Å². The first-order valence-electron chi connectivity index (χ1n) is 6.83. The molecule has 1 aromatic heterocycles. The number of para-hydroxylation sites is 2. The number of imidazole rings is 1. The van der Waals surface area contributed by atoms with Crippen LogP contribution in [0.4, 0.5) is 5.95 Å². The van der Waals surface area contributed by atoms with Gasteiger partial charge in [-0.05, 0) is 18.2 Å². The van der Waals surface area contributed by atoms with Crippen LogP contribution >= 0.6 is 11.6 Å². The largest absolute Gasteiger partial charge is 0.393 e. The van der Waals surface area contributed by atoms with E-state index in [9.17, 15) is 5.11 Å². The highest BCUT2D eigenvalue weighted by Gasteiger charge is 2.20. The molecule has 3 N–H and O–H groups in total. The van der Waals surface area contributed by atoms with Crippen LogP contribution in [0, 0.1) is 0 Å². The molecule has 5 heteroatoms. The van der Waals surface area contributed by atoms with E-state index in [0.29, 0.717) is 19.0 Å². The maximum Gasteiger partial charge on any atom is 0.356 e. The number of rotatable bonds is 4.